The van der Waals surface area contributed by atoms with Crippen molar-refractivity contribution >= 4 is 28.6 Å². The van der Waals surface area contributed by atoms with Gasteiger partial charge < -0.3 is 10.4 Å². The lowest BCUT2D eigenvalue weighted by atomic mass is 9.93. The number of carbonyl (C=O) groups is 1. The number of thiophene rings is 1. The molecule has 0 atom stereocenters. The van der Waals surface area contributed by atoms with E-state index in [9.17, 15) is 9.90 Å². The van der Waals surface area contributed by atoms with Crippen molar-refractivity contribution in [2.75, 3.05) is 0 Å². The highest BCUT2D eigenvalue weighted by Crippen LogP contribution is 2.31. The number of rotatable bonds is 3. The molecular formula is C15H18N2O2S2. The van der Waals surface area contributed by atoms with Crippen LogP contribution in [0.4, 0.5) is 0 Å². The number of hydrogen-bond acceptors (Lipinski definition) is 5. The van der Waals surface area contributed by atoms with E-state index in [1.165, 1.54) is 11.3 Å². The smallest absolute Gasteiger partial charge is 0.263 e. The van der Waals surface area contributed by atoms with Gasteiger partial charge in [0.1, 0.15) is 9.88 Å². The largest absolute Gasteiger partial charge is 0.393 e. The maximum absolute atomic E-state index is 12.4. The zero-order valence-corrected chi connectivity index (χ0v) is 13.5. The minimum atomic E-state index is -0.200. The van der Waals surface area contributed by atoms with Gasteiger partial charge in [-0.1, -0.05) is 6.07 Å². The van der Waals surface area contributed by atoms with E-state index in [1.807, 2.05) is 24.4 Å². The van der Waals surface area contributed by atoms with Crippen LogP contribution in [-0.4, -0.2) is 28.1 Å². The molecule has 112 valence electrons. The molecule has 2 heterocycles. The van der Waals surface area contributed by atoms with Crippen molar-refractivity contribution in [3.8, 4) is 9.88 Å². The molecule has 4 nitrogen and oxygen atoms in total. The number of nitrogens with one attached hydrogen (secondary N) is 1. The maximum atomic E-state index is 12.4. The van der Waals surface area contributed by atoms with Crippen molar-refractivity contribution in [1.29, 1.82) is 0 Å². The van der Waals surface area contributed by atoms with Crippen LogP contribution < -0.4 is 5.32 Å². The van der Waals surface area contributed by atoms with Crippen LogP contribution in [0.1, 0.15) is 41.0 Å². The molecule has 0 unspecified atom stereocenters. The number of nitrogens with zero attached hydrogens (tertiary/aromatic N) is 1. The van der Waals surface area contributed by atoms with Gasteiger partial charge in [-0.25, -0.2) is 4.98 Å². The zero-order valence-electron chi connectivity index (χ0n) is 11.8. The Balaban J connectivity index is 1.70. The molecule has 1 aliphatic rings. The Kier molecular flexibility index (Phi) is 4.37. The van der Waals surface area contributed by atoms with Crippen molar-refractivity contribution in [2.45, 2.75) is 44.8 Å². The van der Waals surface area contributed by atoms with Crippen LogP contribution in [0.3, 0.4) is 0 Å². The van der Waals surface area contributed by atoms with Crippen molar-refractivity contribution in [2.24, 2.45) is 0 Å². The first kappa shape index (κ1) is 14.7. The van der Waals surface area contributed by atoms with E-state index in [0.29, 0.717) is 4.88 Å². The van der Waals surface area contributed by atoms with Crippen LogP contribution in [0.5, 0.6) is 0 Å². The standard InChI is InChI=1S/C15H18N2O2S2/c1-9-13(21-15(16-9)12-3-2-8-20-12)14(19)17-10-4-6-11(18)7-5-10/h2-3,8,10-11,18H,4-7H2,1H3,(H,17,19). The highest BCUT2D eigenvalue weighted by Gasteiger charge is 2.23. The number of aryl methyl sites for hydroxylation is 1. The Bertz CT molecular complexity index is 614. The molecule has 0 spiro atoms. The summed E-state index contributed by atoms with van der Waals surface area (Å²) in [6, 6.07) is 4.18. The minimum Gasteiger partial charge on any atom is -0.393 e. The summed E-state index contributed by atoms with van der Waals surface area (Å²) < 4.78 is 0. The summed E-state index contributed by atoms with van der Waals surface area (Å²) in [7, 11) is 0. The second-order valence-electron chi connectivity index (χ2n) is 5.39. The fourth-order valence-corrected chi connectivity index (χ4v) is 4.35. The van der Waals surface area contributed by atoms with Gasteiger partial charge in [-0.3, -0.25) is 4.79 Å². The average Bonchev–Trinajstić information content (AvgIpc) is 3.10. The summed E-state index contributed by atoms with van der Waals surface area (Å²) in [5.41, 5.74) is 0.789. The molecule has 1 aliphatic carbocycles. The van der Waals surface area contributed by atoms with Gasteiger partial charge in [-0.15, -0.1) is 22.7 Å². The molecule has 1 amide bonds. The molecule has 1 fully saturated rings. The Morgan fingerprint density at radius 1 is 1.38 bits per heavy atom. The second kappa shape index (κ2) is 6.25. The van der Waals surface area contributed by atoms with E-state index in [4.69, 9.17) is 0 Å². The van der Waals surface area contributed by atoms with Gasteiger partial charge in [0.05, 0.1) is 16.7 Å². The summed E-state index contributed by atoms with van der Waals surface area (Å²) in [5.74, 6) is -0.0332. The van der Waals surface area contributed by atoms with Crippen LogP contribution in [0.15, 0.2) is 17.5 Å². The summed E-state index contributed by atoms with van der Waals surface area (Å²) in [5, 5.41) is 15.5. The van der Waals surface area contributed by atoms with E-state index in [-0.39, 0.29) is 18.1 Å². The Morgan fingerprint density at radius 3 is 2.81 bits per heavy atom. The Labute approximate surface area is 131 Å². The third-order valence-electron chi connectivity index (χ3n) is 3.77. The maximum Gasteiger partial charge on any atom is 0.263 e. The second-order valence-corrected chi connectivity index (χ2v) is 7.34. The van der Waals surface area contributed by atoms with Gasteiger partial charge in [-0.2, -0.15) is 0 Å². The van der Waals surface area contributed by atoms with Crippen molar-refractivity contribution in [1.82, 2.24) is 10.3 Å². The first-order chi connectivity index (χ1) is 10.1. The monoisotopic (exact) mass is 322 g/mol. The number of hydrogen-bond donors (Lipinski definition) is 2. The molecule has 0 aromatic carbocycles. The Morgan fingerprint density at radius 2 is 2.14 bits per heavy atom. The minimum absolute atomic E-state index is 0.0332. The lowest BCUT2D eigenvalue weighted by molar-refractivity contribution is 0.0870. The molecule has 0 bridgehead atoms. The van der Waals surface area contributed by atoms with Gasteiger partial charge >= 0.3 is 0 Å². The number of aliphatic hydroxyl groups excluding tert-OH is 1. The zero-order chi connectivity index (χ0) is 14.8. The third-order valence-corrected chi connectivity index (χ3v) is 5.96. The number of thiazole rings is 1. The van der Waals surface area contributed by atoms with Crippen molar-refractivity contribution in [3.05, 3.63) is 28.1 Å². The molecule has 6 heteroatoms. The molecule has 1 saturated carbocycles. The molecule has 2 aromatic rings. The summed E-state index contributed by atoms with van der Waals surface area (Å²) >= 11 is 3.09. The number of aromatic nitrogens is 1. The van der Waals surface area contributed by atoms with Crippen LogP contribution >= 0.6 is 22.7 Å². The SMILES string of the molecule is Cc1nc(-c2cccs2)sc1C(=O)NC1CCC(O)CC1. The van der Waals surface area contributed by atoms with E-state index in [1.54, 1.807) is 11.3 Å². The van der Waals surface area contributed by atoms with Gasteiger partial charge in [0, 0.05) is 6.04 Å². The first-order valence-electron chi connectivity index (χ1n) is 7.13. The molecule has 0 radical (unpaired) electrons. The quantitative estimate of drug-likeness (QED) is 0.912. The fourth-order valence-electron chi connectivity index (χ4n) is 2.58. The Hall–Kier alpha value is -1.24. The fraction of sp³-hybridized carbons (Fsp3) is 0.467. The summed E-state index contributed by atoms with van der Waals surface area (Å²) in [4.78, 5) is 18.7. The van der Waals surface area contributed by atoms with E-state index in [2.05, 4.69) is 10.3 Å². The van der Waals surface area contributed by atoms with E-state index >= 15 is 0 Å². The number of aliphatic hydroxyl groups is 1. The predicted molar refractivity (Wildman–Crippen MR) is 85.9 cm³/mol. The molecule has 0 aliphatic heterocycles. The lowest BCUT2D eigenvalue weighted by Gasteiger charge is -2.25. The molecular weight excluding hydrogens is 304 g/mol. The lowest BCUT2D eigenvalue weighted by Crippen LogP contribution is -2.38. The molecule has 21 heavy (non-hydrogen) atoms. The van der Waals surface area contributed by atoms with Crippen LogP contribution in [-0.2, 0) is 0 Å². The summed E-state index contributed by atoms with van der Waals surface area (Å²) in [6.07, 6.45) is 3.04. The van der Waals surface area contributed by atoms with Crippen LogP contribution in [0.25, 0.3) is 9.88 Å². The average molecular weight is 322 g/mol. The van der Waals surface area contributed by atoms with E-state index in [0.717, 1.165) is 41.3 Å². The van der Waals surface area contributed by atoms with Gasteiger partial charge in [0.2, 0.25) is 0 Å². The van der Waals surface area contributed by atoms with Gasteiger partial charge in [-0.05, 0) is 44.1 Å². The molecule has 3 rings (SSSR count). The van der Waals surface area contributed by atoms with Crippen molar-refractivity contribution in [3.63, 3.8) is 0 Å². The predicted octanol–water partition coefficient (Wildman–Crippen LogP) is 3.21. The van der Waals surface area contributed by atoms with Gasteiger partial charge in [0.15, 0.2) is 0 Å². The van der Waals surface area contributed by atoms with Gasteiger partial charge in [0.25, 0.3) is 5.91 Å². The highest BCUT2D eigenvalue weighted by atomic mass is 32.1. The van der Waals surface area contributed by atoms with Crippen molar-refractivity contribution < 1.29 is 9.90 Å². The summed E-state index contributed by atoms with van der Waals surface area (Å²) in [6.45, 7) is 1.88. The first-order valence-corrected chi connectivity index (χ1v) is 8.83. The highest BCUT2D eigenvalue weighted by molar-refractivity contribution is 7.22. The van der Waals surface area contributed by atoms with Crippen LogP contribution in [0.2, 0.25) is 0 Å². The molecule has 0 saturated heterocycles. The van der Waals surface area contributed by atoms with Crippen LogP contribution in [0, 0.1) is 6.92 Å². The topological polar surface area (TPSA) is 62.2 Å². The normalized spacial score (nSPS) is 22.2. The number of carbonyl (C=O) groups excluding carboxylic acids is 1. The van der Waals surface area contributed by atoms with E-state index < -0.39 is 0 Å². The molecule has 2 aromatic heterocycles. The number of amides is 1. The third kappa shape index (κ3) is 3.33. The molecule has 2 N–H and O–H groups in total.